The standard InChI is InChI=1S/C7H9N3O2S/c8-7(10-13(9,11)12)6-4-2-1-3-5-6/h1-5H,(H2,8,10)(H2,9,11,12). The molecule has 0 aliphatic rings. The molecule has 1 aromatic rings. The first-order valence-electron chi connectivity index (χ1n) is 3.42. The number of nitrogens with zero attached hydrogens (tertiary/aromatic N) is 1. The molecule has 1 rings (SSSR count). The Bertz CT molecular complexity index is 411. The summed E-state index contributed by atoms with van der Waals surface area (Å²) in [5, 5.41) is 4.68. The van der Waals surface area contributed by atoms with Crippen LogP contribution in [0.2, 0.25) is 0 Å². The van der Waals surface area contributed by atoms with Gasteiger partial charge in [0.25, 0.3) is 0 Å². The lowest BCUT2D eigenvalue weighted by atomic mass is 10.2. The number of benzene rings is 1. The summed E-state index contributed by atoms with van der Waals surface area (Å²) in [6.07, 6.45) is 0. The van der Waals surface area contributed by atoms with E-state index in [1.54, 1.807) is 30.3 Å². The van der Waals surface area contributed by atoms with Gasteiger partial charge in [-0.3, -0.25) is 0 Å². The fourth-order valence-electron chi connectivity index (χ4n) is 0.799. The van der Waals surface area contributed by atoms with E-state index in [9.17, 15) is 8.42 Å². The summed E-state index contributed by atoms with van der Waals surface area (Å²) in [4.78, 5) is 0. The summed E-state index contributed by atoms with van der Waals surface area (Å²) < 4.78 is 24.2. The molecule has 13 heavy (non-hydrogen) atoms. The number of rotatable bonds is 2. The molecule has 0 unspecified atom stereocenters. The van der Waals surface area contributed by atoms with E-state index < -0.39 is 10.2 Å². The molecule has 0 radical (unpaired) electrons. The third kappa shape index (κ3) is 3.22. The number of hydrogen-bond acceptors (Lipinski definition) is 2. The highest BCUT2D eigenvalue weighted by Gasteiger charge is 2.02. The molecule has 0 bridgehead atoms. The van der Waals surface area contributed by atoms with Gasteiger partial charge in [-0.25, -0.2) is 5.14 Å². The van der Waals surface area contributed by atoms with Crippen molar-refractivity contribution < 1.29 is 8.42 Å². The largest absolute Gasteiger partial charge is 0.382 e. The van der Waals surface area contributed by atoms with E-state index in [1.807, 2.05) is 0 Å². The molecule has 0 aromatic heterocycles. The maximum Gasteiger partial charge on any atom is 0.319 e. The molecule has 0 aliphatic heterocycles. The number of hydrogen-bond donors (Lipinski definition) is 2. The van der Waals surface area contributed by atoms with Gasteiger partial charge in [0.1, 0.15) is 5.84 Å². The van der Waals surface area contributed by atoms with Crippen LogP contribution in [0.1, 0.15) is 5.56 Å². The normalized spacial score (nSPS) is 12.8. The van der Waals surface area contributed by atoms with Gasteiger partial charge in [0, 0.05) is 5.56 Å². The molecule has 0 atom stereocenters. The predicted molar refractivity (Wildman–Crippen MR) is 50.3 cm³/mol. The predicted octanol–water partition coefficient (Wildman–Crippen LogP) is -0.405. The Labute approximate surface area is 76.3 Å². The van der Waals surface area contributed by atoms with Crippen LogP contribution >= 0.6 is 0 Å². The Morgan fingerprint density at radius 1 is 1.23 bits per heavy atom. The van der Waals surface area contributed by atoms with Crippen LogP contribution in [0.4, 0.5) is 0 Å². The van der Waals surface area contributed by atoms with Gasteiger partial charge in [-0.15, -0.1) is 4.40 Å². The van der Waals surface area contributed by atoms with Gasteiger partial charge in [0.2, 0.25) is 0 Å². The van der Waals surface area contributed by atoms with Crippen LogP contribution in [0.3, 0.4) is 0 Å². The van der Waals surface area contributed by atoms with Crippen molar-refractivity contribution in [1.82, 2.24) is 0 Å². The van der Waals surface area contributed by atoms with Gasteiger partial charge in [-0.05, 0) is 0 Å². The first-order valence-corrected chi connectivity index (χ1v) is 4.93. The zero-order valence-corrected chi connectivity index (χ0v) is 7.53. The Kier molecular flexibility index (Phi) is 2.64. The minimum atomic E-state index is -3.91. The smallest absolute Gasteiger partial charge is 0.319 e. The first kappa shape index (κ1) is 9.69. The van der Waals surface area contributed by atoms with Crippen molar-refractivity contribution in [3.8, 4) is 0 Å². The molecule has 6 heteroatoms. The summed E-state index contributed by atoms with van der Waals surface area (Å²) in [6.45, 7) is 0. The van der Waals surface area contributed by atoms with Gasteiger partial charge < -0.3 is 5.73 Å². The minimum Gasteiger partial charge on any atom is -0.382 e. The van der Waals surface area contributed by atoms with Gasteiger partial charge in [0.15, 0.2) is 0 Å². The summed E-state index contributed by atoms with van der Waals surface area (Å²) in [7, 11) is -3.91. The van der Waals surface area contributed by atoms with Gasteiger partial charge in [-0.1, -0.05) is 30.3 Å². The van der Waals surface area contributed by atoms with E-state index in [1.165, 1.54) is 0 Å². The van der Waals surface area contributed by atoms with E-state index in [4.69, 9.17) is 5.73 Å². The lowest BCUT2D eigenvalue weighted by Crippen LogP contribution is -2.19. The SMILES string of the molecule is N/C(=N\S(N)(=O)=O)c1ccccc1. The monoisotopic (exact) mass is 199 g/mol. The minimum absolute atomic E-state index is 0.108. The lowest BCUT2D eigenvalue weighted by Gasteiger charge is -1.97. The van der Waals surface area contributed by atoms with Crippen molar-refractivity contribution in [1.29, 1.82) is 0 Å². The van der Waals surface area contributed by atoms with Gasteiger partial charge in [0.05, 0.1) is 0 Å². The molecule has 70 valence electrons. The van der Waals surface area contributed by atoms with Crippen LogP contribution in [-0.4, -0.2) is 14.3 Å². The average molecular weight is 199 g/mol. The Morgan fingerprint density at radius 2 is 1.77 bits per heavy atom. The third-order valence-corrected chi connectivity index (χ3v) is 1.75. The Balaban J connectivity index is 3.06. The zero-order valence-electron chi connectivity index (χ0n) is 6.71. The third-order valence-electron chi connectivity index (χ3n) is 1.30. The van der Waals surface area contributed by atoms with E-state index in [0.29, 0.717) is 5.56 Å². The quantitative estimate of drug-likeness (QED) is 0.500. The van der Waals surface area contributed by atoms with Crippen LogP contribution in [0.5, 0.6) is 0 Å². The molecule has 0 fully saturated rings. The van der Waals surface area contributed by atoms with E-state index in [2.05, 4.69) is 9.54 Å². The van der Waals surface area contributed by atoms with E-state index >= 15 is 0 Å². The van der Waals surface area contributed by atoms with Crippen molar-refractivity contribution in [2.45, 2.75) is 0 Å². The fourth-order valence-corrected chi connectivity index (χ4v) is 1.18. The summed E-state index contributed by atoms with van der Waals surface area (Å²) in [5.74, 6) is -0.108. The average Bonchev–Trinajstić information content (AvgIpc) is 2.03. The van der Waals surface area contributed by atoms with E-state index in [0.717, 1.165) is 0 Å². The van der Waals surface area contributed by atoms with Crippen LogP contribution in [0.15, 0.2) is 34.7 Å². The van der Waals surface area contributed by atoms with Crippen molar-refractivity contribution in [3.05, 3.63) is 35.9 Å². The van der Waals surface area contributed by atoms with Crippen LogP contribution in [0, 0.1) is 0 Å². The second-order valence-corrected chi connectivity index (χ2v) is 3.57. The van der Waals surface area contributed by atoms with Crippen molar-refractivity contribution >= 4 is 16.0 Å². The first-order chi connectivity index (χ1) is 5.99. The molecule has 1 aromatic carbocycles. The highest BCUT2D eigenvalue weighted by Crippen LogP contribution is 1.98. The molecule has 4 N–H and O–H groups in total. The highest BCUT2D eigenvalue weighted by atomic mass is 32.2. The van der Waals surface area contributed by atoms with Crippen LogP contribution < -0.4 is 10.9 Å². The van der Waals surface area contributed by atoms with E-state index in [-0.39, 0.29) is 5.84 Å². The van der Waals surface area contributed by atoms with Crippen molar-refractivity contribution in [2.24, 2.45) is 15.3 Å². The Hall–Kier alpha value is -1.40. The maximum atomic E-state index is 10.5. The molecule has 0 aliphatic carbocycles. The lowest BCUT2D eigenvalue weighted by molar-refractivity contribution is 0.599. The summed E-state index contributed by atoms with van der Waals surface area (Å²) in [6, 6.07) is 8.52. The van der Waals surface area contributed by atoms with Gasteiger partial charge >= 0.3 is 10.2 Å². The van der Waals surface area contributed by atoms with Crippen molar-refractivity contribution in [2.75, 3.05) is 0 Å². The highest BCUT2D eigenvalue weighted by molar-refractivity contribution is 7.88. The second-order valence-electron chi connectivity index (χ2n) is 2.36. The molecule has 0 saturated carbocycles. The van der Waals surface area contributed by atoms with Crippen molar-refractivity contribution in [3.63, 3.8) is 0 Å². The van der Waals surface area contributed by atoms with Crippen LogP contribution in [-0.2, 0) is 10.2 Å². The molecular formula is C7H9N3O2S. The fraction of sp³-hybridized carbons (Fsp3) is 0. The number of nitrogens with two attached hydrogens (primary N) is 2. The topological polar surface area (TPSA) is 98.5 Å². The maximum absolute atomic E-state index is 10.5. The summed E-state index contributed by atoms with van der Waals surface area (Å²) in [5.41, 5.74) is 5.90. The molecule has 0 saturated heterocycles. The second kappa shape index (κ2) is 3.55. The molecule has 0 amide bonds. The Morgan fingerprint density at radius 3 is 2.23 bits per heavy atom. The zero-order chi connectivity index (χ0) is 9.90. The number of amidine groups is 1. The molecule has 0 heterocycles. The molecule has 5 nitrogen and oxygen atoms in total. The molecule has 0 spiro atoms. The molecular weight excluding hydrogens is 190 g/mol. The van der Waals surface area contributed by atoms with Gasteiger partial charge in [-0.2, -0.15) is 8.42 Å². The summed E-state index contributed by atoms with van der Waals surface area (Å²) >= 11 is 0. The van der Waals surface area contributed by atoms with Crippen LogP contribution in [0.25, 0.3) is 0 Å².